The van der Waals surface area contributed by atoms with Crippen LogP contribution >= 0.6 is 0 Å². The van der Waals surface area contributed by atoms with Crippen molar-refractivity contribution < 1.29 is 14.7 Å². The van der Waals surface area contributed by atoms with Crippen LogP contribution in [0.3, 0.4) is 0 Å². The number of hydrogen-bond donors (Lipinski definition) is 1. The monoisotopic (exact) mass is 197 g/mol. The smallest absolute Gasteiger partial charge is 0.307 e. The lowest BCUT2D eigenvalue weighted by atomic mass is 9.82. The summed E-state index contributed by atoms with van der Waals surface area (Å²) in [7, 11) is 3.30. The fourth-order valence-electron chi connectivity index (χ4n) is 1.69. The Balaban J connectivity index is 2.79. The minimum absolute atomic E-state index is 0.0956. The Morgan fingerprint density at radius 2 is 1.71 bits per heavy atom. The van der Waals surface area contributed by atoms with Gasteiger partial charge in [0, 0.05) is 14.1 Å². The number of hydrogen-bond acceptors (Lipinski definition) is 2. The maximum Gasteiger partial charge on any atom is 0.307 e. The quantitative estimate of drug-likeness (QED) is 0.664. The van der Waals surface area contributed by atoms with E-state index >= 15 is 0 Å². The van der Waals surface area contributed by atoms with Crippen LogP contribution in [0, 0.1) is 11.8 Å². The first-order valence-electron chi connectivity index (χ1n) is 4.63. The third-order valence-electron chi connectivity index (χ3n) is 2.51. The van der Waals surface area contributed by atoms with Gasteiger partial charge in [0.15, 0.2) is 0 Å². The molecule has 78 valence electrons. The SMILES string of the molecule is CN(C)C(=O)[C@@H]1CC=CC[C@@H]1C(=O)O. The minimum atomic E-state index is -0.880. The second kappa shape index (κ2) is 4.26. The number of carbonyl (C=O) groups is 2. The van der Waals surface area contributed by atoms with Gasteiger partial charge in [-0.2, -0.15) is 0 Å². The van der Waals surface area contributed by atoms with Crippen molar-refractivity contribution >= 4 is 11.9 Å². The number of carbonyl (C=O) groups excluding carboxylic acids is 1. The largest absolute Gasteiger partial charge is 0.481 e. The maximum absolute atomic E-state index is 11.6. The van der Waals surface area contributed by atoms with Crippen molar-refractivity contribution in [2.75, 3.05) is 14.1 Å². The highest BCUT2D eigenvalue weighted by molar-refractivity contribution is 5.85. The molecule has 1 N–H and O–H groups in total. The Kier molecular flexibility index (Phi) is 3.28. The zero-order valence-corrected chi connectivity index (χ0v) is 8.43. The normalized spacial score (nSPS) is 25.9. The predicted octanol–water partition coefficient (Wildman–Crippen LogP) is 0.742. The molecule has 0 heterocycles. The molecule has 0 saturated carbocycles. The molecule has 0 bridgehead atoms. The van der Waals surface area contributed by atoms with Crippen molar-refractivity contribution in [1.82, 2.24) is 4.90 Å². The lowest BCUT2D eigenvalue weighted by Gasteiger charge is -2.26. The number of carboxylic acid groups (broad SMARTS) is 1. The Morgan fingerprint density at radius 1 is 1.21 bits per heavy atom. The molecule has 2 atom stereocenters. The first-order chi connectivity index (χ1) is 6.54. The standard InChI is InChI=1S/C10H15NO3/c1-11(2)9(12)7-5-3-4-6-8(7)10(13)14/h3-4,7-8H,5-6H2,1-2H3,(H,13,14)/t7-,8+/m1/s1. The molecule has 1 amide bonds. The zero-order valence-electron chi connectivity index (χ0n) is 8.43. The lowest BCUT2D eigenvalue weighted by Crippen LogP contribution is -2.38. The van der Waals surface area contributed by atoms with Crippen molar-refractivity contribution in [3.05, 3.63) is 12.2 Å². The van der Waals surface area contributed by atoms with Crippen molar-refractivity contribution in [2.24, 2.45) is 11.8 Å². The van der Waals surface area contributed by atoms with Crippen LogP contribution in [0.15, 0.2) is 12.2 Å². The Hall–Kier alpha value is -1.32. The van der Waals surface area contributed by atoms with E-state index in [4.69, 9.17) is 5.11 Å². The van der Waals surface area contributed by atoms with E-state index in [0.29, 0.717) is 12.8 Å². The highest BCUT2D eigenvalue weighted by atomic mass is 16.4. The van der Waals surface area contributed by atoms with Crippen molar-refractivity contribution in [2.45, 2.75) is 12.8 Å². The van der Waals surface area contributed by atoms with Crippen LogP contribution in [0.4, 0.5) is 0 Å². The van der Waals surface area contributed by atoms with Crippen molar-refractivity contribution in [3.8, 4) is 0 Å². The van der Waals surface area contributed by atoms with Crippen LogP contribution in [-0.2, 0) is 9.59 Å². The summed E-state index contributed by atoms with van der Waals surface area (Å²) in [6.07, 6.45) is 4.71. The van der Waals surface area contributed by atoms with Crippen LogP contribution in [0.25, 0.3) is 0 Å². The third-order valence-corrected chi connectivity index (χ3v) is 2.51. The molecule has 0 aliphatic heterocycles. The highest BCUT2D eigenvalue weighted by Gasteiger charge is 2.34. The maximum atomic E-state index is 11.6. The first kappa shape index (κ1) is 10.8. The number of allylic oxidation sites excluding steroid dienone is 2. The lowest BCUT2D eigenvalue weighted by molar-refractivity contribution is -0.149. The van der Waals surface area contributed by atoms with E-state index in [2.05, 4.69) is 0 Å². The summed E-state index contributed by atoms with van der Waals surface area (Å²) in [5, 5.41) is 8.93. The molecule has 14 heavy (non-hydrogen) atoms. The van der Waals surface area contributed by atoms with Crippen LogP contribution in [0.5, 0.6) is 0 Å². The van der Waals surface area contributed by atoms with Gasteiger partial charge in [-0.25, -0.2) is 0 Å². The summed E-state index contributed by atoms with van der Waals surface area (Å²) in [6, 6.07) is 0. The molecule has 0 aromatic heterocycles. The number of carboxylic acids is 1. The summed E-state index contributed by atoms with van der Waals surface area (Å²) < 4.78 is 0. The molecule has 0 saturated heterocycles. The minimum Gasteiger partial charge on any atom is -0.481 e. The van der Waals surface area contributed by atoms with Crippen molar-refractivity contribution in [1.29, 1.82) is 0 Å². The highest BCUT2D eigenvalue weighted by Crippen LogP contribution is 2.26. The van der Waals surface area contributed by atoms with Crippen LogP contribution < -0.4 is 0 Å². The van der Waals surface area contributed by atoms with Crippen LogP contribution in [0.1, 0.15) is 12.8 Å². The van der Waals surface area contributed by atoms with Gasteiger partial charge >= 0.3 is 5.97 Å². The Morgan fingerprint density at radius 3 is 2.14 bits per heavy atom. The molecule has 4 heteroatoms. The third kappa shape index (κ3) is 2.13. The summed E-state index contributed by atoms with van der Waals surface area (Å²) in [5.74, 6) is -1.93. The molecule has 0 unspecified atom stereocenters. The molecule has 1 rings (SSSR count). The summed E-state index contributed by atoms with van der Waals surface area (Å²) in [4.78, 5) is 24.0. The molecule has 0 aromatic carbocycles. The van der Waals surface area contributed by atoms with Gasteiger partial charge in [0.2, 0.25) is 5.91 Å². The van der Waals surface area contributed by atoms with Gasteiger partial charge in [0.05, 0.1) is 11.8 Å². The molecule has 4 nitrogen and oxygen atoms in total. The van der Waals surface area contributed by atoms with Gasteiger partial charge in [0.25, 0.3) is 0 Å². The number of nitrogens with zero attached hydrogens (tertiary/aromatic N) is 1. The molecule has 0 fully saturated rings. The van der Waals surface area contributed by atoms with Gasteiger partial charge in [0.1, 0.15) is 0 Å². The summed E-state index contributed by atoms with van der Waals surface area (Å²) >= 11 is 0. The van der Waals surface area contributed by atoms with Gasteiger partial charge in [-0.1, -0.05) is 12.2 Å². The van der Waals surface area contributed by atoms with E-state index in [-0.39, 0.29) is 5.91 Å². The fourth-order valence-corrected chi connectivity index (χ4v) is 1.69. The van der Waals surface area contributed by atoms with Crippen LogP contribution in [0.2, 0.25) is 0 Å². The van der Waals surface area contributed by atoms with E-state index in [9.17, 15) is 9.59 Å². The molecule has 0 spiro atoms. The van der Waals surface area contributed by atoms with Crippen LogP contribution in [-0.4, -0.2) is 36.0 Å². The molecule has 1 aliphatic carbocycles. The Bertz CT molecular complexity index is 271. The van der Waals surface area contributed by atoms with E-state index in [1.165, 1.54) is 4.90 Å². The summed E-state index contributed by atoms with van der Waals surface area (Å²) in [6.45, 7) is 0. The van der Waals surface area contributed by atoms with Crippen molar-refractivity contribution in [3.63, 3.8) is 0 Å². The predicted molar refractivity (Wildman–Crippen MR) is 51.7 cm³/mol. The first-order valence-corrected chi connectivity index (χ1v) is 4.63. The van der Waals surface area contributed by atoms with Gasteiger partial charge in [-0.05, 0) is 12.8 Å². The van der Waals surface area contributed by atoms with E-state index in [1.807, 2.05) is 12.2 Å². The fraction of sp³-hybridized carbons (Fsp3) is 0.600. The Labute approximate surface area is 83.2 Å². The molecular formula is C10H15NO3. The average molecular weight is 197 g/mol. The topological polar surface area (TPSA) is 57.6 Å². The van der Waals surface area contributed by atoms with E-state index < -0.39 is 17.8 Å². The van der Waals surface area contributed by atoms with E-state index in [1.54, 1.807) is 14.1 Å². The van der Waals surface area contributed by atoms with Gasteiger partial charge in [-0.15, -0.1) is 0 Å². The van der Waals surface area contributed by atoms with Gasteiger partial charge in [-0.3, -0.25) is 9.59 Å². The zero-order chi connectivity index (χ0) is 10.7. The molecule has 0 radical (unpaired) electrons. The molecule has 0 aromatic rings. The van der Waals surface area contributed by atoms with Gasteiger partial charge < -0.3 is 10.0 Å². The second-order valence-electron chi connectivity index (χ2n) is 3.73. The summed E-state index contributed by atoms with van der Waals surface area (Å²) in [5.41, 5.74) is 0. The average Bonchev–Trinajstić information content (AvgIpc) is 2.16. The number of amides is 1. The molecular weight excluding hydrogens is 182 g/mol. The second-order valence-corrected chi connectivity index (χ2v) is 3.73. The number of rotatable bonds is 2. The molecule has 1 aliphatic rings. The number of aliphatic carboxylic acids is 1. The van der Waals surface area contributed by atoms with E-state index in [0.717, 1.165) is 0 Å².